The van der Waals surface area contributed by atoms with Crippen molar-refractivity contribution in [2.45, 2.75) is 335 Å². The molecule has 0 bridgehead atoms. The molecule has 0 aromatic rings. The van der Waals surface area contributed by atoms with Gasteiger partial charge in [0.2, 0.25) is 0 Å². The molecule has 83 heavy (non-hydrogen) atoms. The lowest BCUT2D eigenvalue weighted by Gasteiger charge is -2.18. The van der Waals surface area contributed by atoms with E-state index in [9.17, 15) is 14.4 Å². The quantitative estimate of drug-likeness (QED) is 0.0261. The summed E-state index contributed by atoms with van der Waals surface area (Å²) in [6.07, 6.45) is 98.0. The van der Waals surface area contributed by atoms with Crippen LogP contribution in [0.5, 0.6) is 0 Å². The molecule has 0 heterocycles. The predicted molar refractivity (Wildman–Crippen MR) is 362 cm³/mol. The number of carbonyl (C=O) groups excluding carboxylic acids is 3. The van der Waals surface area contributed by atoms with Crippen molar-refractivity contribution in [3.63, 3.8) is 0 Å². The summed E-state index contributed by atoms with van der Waals surface area (Å²) in [6, 6.07) is 0. The molecule has 0 N–H and O–H groups in total. The van der Waals surface area contributed by atoms with Crippen LogP contribution in [0.4, 0.5) is 0 Å². The third kappa shape index (κ3) is 68.5. The highest BCUT2D eigenvalue weighted by Crippen LogP contribution is 2.16. The fourth-order valence-electron chi connectivity index (χ4n) is 9.67. The van der Waals surface area contributed by atoms with Crippen molar-refractivity contribution in [3.05, 3.63) is 122 Å². The Morgan fingerprint density at radius 3 is 0.783 bits per heavy atom. The van der Waals surface area contributed by atoms with E-state index in [2.05, 4.69) is 142 Å². The minimum absolute atomic E-state index is 0.0839. The molecule has 474 valence electrons. The Morgan fingerprint density at radius 2 is 0.482 bits per heavy atom. The van der Waals surface area contributed by atoms with Crippen molar-refractivity contribution in [3.8, 4) is 0 Å². The van der Waals surface area contributed by atoms with Crippen LogP contribution in [-0.2, 0) is 28.6 Å². The zero-order valence-corrected chi connectivity index (χ0v) is 54.4. The van der Waals surface area contributed by atoms with Crippen molar-refractivity contribution < 1.29 is 28.6 Å². The van der Waals surface area contributed by atoms with E-state index >= 15 is 0 Å². The smallest absolute Gasteiger partial charge is 0.306 e. The first-order valence-corrected chi connectivity index (χ1v) is 35.0. The van der Waals surface area contributed by atoms with Crippen molar-refractivity contribution in [1.29, 1.82) is 0 Å². The standard InChI is InChI=1S/C77H130O6/c1-4-7-10-13-16-19-22-24-26-28-30-32-33-34-35-36-37-38-39-40-41-42-43-45-46-48-50-52-55-58-61-64-67-70-76(79)82-73-74(72-81-75(78)69-66-63-60-57-54-21-18-15-12-9-6-3)83-77(80)71-68-65-62-59-56-53-51-49-47-44-31-29-27-25-23-20-17-14-11-8-5-2/h7,10,15-16,18-19,23-26,29-32,34-35,37-38,40-41,74H,4-6,8-9,11-14,17,20-22,27-28,33,36,39,42-73H2,1-3H3/b10-7-,18-15-,19-16-,25-23-,26-24-,31-29-,32-30-,35-34-,38-37-,41-40-. The Labute approximate surface area is 513 Å². The van der Waals surface area contributed by atoms with Gasteiger partial charge in [0, 0.05) is 19.3 Å². The predicted octanol–water partition coefficient (Wildman–Crippen LogP) is 24.3. The van der Waals surface area contributed by atoms with Crippen LogP contribution in [0.15, 0.2) is 122 Å². The molecule has 0 rings (SSSR count). The molecular weight excluding hydrogens is 1020 g/mol. The van der Waals surface area contributed by atoms with E-state index in [1.807, 2.05) is 0 Å². The molecule has 6 nitrogen and oxygen atoms in total. The molecule has 0 fully saturated rings. The minimum Gasteiger partial charge on any atom is -0.462 e. The van der Waals surface area contributed by atoms with E-state index in [0.717, 1.165) is 116 Å². The van der Waals surface area contributed by atoms with Gasteiger partial charge in [-0.25, -0.2) is 0 Å². The number of esters is 3. The Kier molecular flexibility index (Phi) is 66.7. The SMILES string of the molecule is CC/C=C\C/C=C\C/C=C\C/C=C\C/C=C\C/C=C\C/C=C\CCCCCCCCCCCCCC(=O)OCC(COC(=O)CCCCCCC/C=C\CCCC)OC(=O)CCCCCCCCCCC/C=C\C/C=C\CCCCCCC. The number of allylic oxidation sites excluding steroid dienone is 20. The van der Waals surface area contributed by atoms with E-state index in [0.29, 0.717) is 19.3 Å². The van der Waals surface area contributed by atoms with Gasteiger partial charge in [-0.15, -0.1) is 0 Å². The minimum atomic E-state index is -0.788. The lowest BCUT2D eigenvalue weighted by Crippen LogP contribution is -2.30. The van der Waals surface area contributed by atoms with Gasteiger partial charge in [-0.05, 0) is 128 Å². The van der Waals surface area contributed by atoms with Gasteiger partial charge in [-0.2, -0.15) is 0 Å². The molecule has 1 unspecified atom stereocenters. The maximum absolute atomic E-state index is 12.9. The summed E-state index contributed by atoms with van der Waals surface area (Å²) in [5, 5.41) is 0. The highest BCUT2D eigenvalue weighted by atomic mass is 16.6. The topological polar surface area (TPSA) is 78.9 Å². The highest BCUT2D eigenvalue weighted by molar-refractivity contribution is 5.71. The number of unbranched alkanes of at least 4 members (excludes halogenated alkanes) is 32. The van der Waals surface area contributed by atoms with Crippen molar-refractivity contribution in [2.24, 2.45) is 0 Å². The van der Waals surface area contributed by atoms with Gasteiger partial charge in [0.15, 0.2) is 6.10 Å². The van der Waals surface area contributed by atoms with Crippen LogP contribution in [0, 0.1) is 0 Å². The fraction of sp³-hybridized carbons (Fsp3) is 0.701. The van der Waals surface area contributed by atoms with E-state index in [1.165, 1.54) is 173 Å². The van der Waals surface area contributed by atoms with Gasteiger partial charge >= 0.3 is 17.9 Å². The molecule has 0 saturated heterocycles. The second kappa shape index (κ2) is 70.3. The molecule has 0 radical (unpaired) electrons. The summed E-state index contributed by atoms with van der Waals surface area (Å²) in [5.74, 6) is -0.892. The Morgan fingerprint density at radius 1 is 0.253 bits per heavy atom. The van der Waals surface area contributed by atoms with Gasteiger partial charge in [0.05, 0.1) is 0 Å². The Bertz CT molecular complexity index is 1700. The van der Waals surface area contributed by atoms with Crippen LogP contribution in [0.2, 0.25) is 0 Å². The first kappa shape index (κ1) is 78.8. The Balaban J connectivity index is 4.23. The molecule has 0 spiro atoms. The number of rotatable bonds is 63. The molecule has 0 aromatic carbocycles. The van der Waals surface area contributed by atoms with Crippen LogP contribution in [-0.4, -0.2) is 37.2 Å². The van der Waals surface area contributed by atoms with Gasteiger partial charge in [-0.1, -0.05) is 303 Å². The largest absolute Gasteiger partial charge is 0.462 e. The van der Waals surface area contributed by atoms with E-state index in [1.54, 1.807) is 0 Å². The molecule has 0 aliphatic carbocycles. The summed E-state index contributed by atoms with van der Waals surface area (Å²) >= 11 is 0. The second-order valence-corrected chi connectivity index (χ2v) is 23.1. The van der Waals surface area contributed by atoms with Gasteiger partial charge in [-0.3, -0.25) is 14.4 Å². The molecule has 0 aliphatic heterocycles. The molecule has 6 heteroatoms. The molecule has 1 atom stereocenters. The van der Waals surface area contributed by atoms with Gasteiger partial charge in [0.1, 0.15) is 13.2 Å². The number of hydrogen-bond donors (Lipinski definition) is 0. The maximum Gasteiger partial charge on any atom is 0.306 e. The summed E-state index contributed by atoms with van der Waals surface area (Å²) in [4.78, 5) is 38.4. The van der Waals surface area contributed by atoms with Crippen LogP contribution >= 0.6 is 0 Å². The van der Waals surface area contributed by atoms with Gasteiger partial charge < -0.3 is 14.2 Å². The van der Waals surface area contributed by atoms with E-state index in [4.69, 9.17) is 14.2 Å². The van der Waals surface area contributed by atoms with Crippen LogP contribution in [0.3, 0.4) is 0 Å². The third-order valence-electron chi connectivity index (χ3n) is 14.9. The van der Waals surface area contributed by atoms with Crippen LogP contribution in [0.1, 0.15) is 329 Å². The average molecular weight is 1150 g/mol. The van der Waals surface area contributed by atoms with Crippen molar-refractivity contribution in [2.75, 3.05) is 13.2 Å². The first-order chi connectivity index (χ1) is 41.0. The van der Waals surface area contributed by atoms with Gasteiger partial charge in [0.25, 0.3) is 0 Å². The summed E-state index contributed by atoms with van der Waals surface area (Å²) in [5.41, 5.74) is 0. The summed E-state index contributed by atoms with van der Waals surface area (Å²) < 4.78 is 16.9. The molecule has 0 saturated carbocycles. The lowest BCUT2D eigenvalue weighted by atomic mass is 10.0. The van der Waals surface area contributed by atoms with E-state index in [-0.39, 0.29) is 31.1 Å². The second-order valence-electron chi connectivity index (χ2n) is 23.1. The van der Waals surface area contributed by atoms with E-state index < -0.39 is 6.10 Å². The summed E-state index contributed by atoms with van der Waals surface area (Å²) in [7, 11) is 0. The van der Waals surface area contributed by atoms with Crippen LogP contribution in [0.25, 0.3) is 0 Å². The summed E-state index contributed by atoms with van der Waals surface area (Å²) in [6.45, 7) is 6.49. The Hall–Kier alpha value is -4.19. The number of hydrogen-bond acceptors (Lipinski definition) is 6. The zero-order chi connectivity index (χ0) is 59.9. The molecular formula is C77H130O6. The highest BCUT2D eigenvalue weighted by Gasteiger charge is 2.19. The van der Waals surface area contributed by atoms with Crippen LogP contribution < -0.4 is 0 Å². The monoisotopic (exact) mass is 1150 g/mol. The number of carbonyl (C=O) groups is 3. The zero-order valence-electron chi connectivity index (χ0n) is 54.4. The molecule has 0 aliphatic rings. The number of ether oxygens (including phenoxy) is 3. The normalized spacial score (nSPS) is 12.9. The maximum atomic E-state index is 12.9. The van der Waals surface area contributed by atoms with Crippen molar-refractivity contribution in [1.82, 2.24) is 0 Å². The van der Waals surface area contributed by atoms with Crippen molar-refractivity contribution >= 4 is 17.9 Å². The lowest BCUT2D eigenvalue weighted by molar-refractivity contribution is -0.167. The molecule has 0 amide bonds. The third-order valence-corrected chi connectivity index (χ3v) is 14.9. The average Bonchev–Trinajstić information content (AvgIpc) is 3.48. The fourth-order valence-corrected chi connectivity index (χ4v) is 9.67. The molecule has 0 aromatic heterocycles. The first-order valence-electron chi connectivity index (χ1n) is 35.0.